The summed E-state index contributed by atoms with van der Waals surface area (Å²) in [6.45, 7) is 4.69. The molecule has 0 amide bonds. The van der Waals surface area contributed by atoms with Crippen LogP contribution in [0.3, 0.4) is 0 Å². The molecule has 4 aliphatic carbocycles. The zero-order valence-corrected chi connectivity index (χ0v) is 13.3. The second-order valence-corrected chi connectivity index (χ2v) is 8.63. The third-order valence-corrected chi connectivity index (χ3v) is 7.84. The molecule has 3 fully saturated rings. The van der Waals surface area contributed by atoms with Gasteiger partial charge in [-0.1, -0.05) is 26.0 Å². The monoisotopic (exact) mass is 288 g/mol. The van der Waals surface area contributed by atoms with Crippen molar-refractivity contribution >= 4 is 5.78 Å². The first-order valence-electron chi connectivity index (χ1n) is 8.85. The van der Waals surface area contributed by atoms with Crippen LogP contribution in [0.1, 0.15) is 58.8 Å². The number of rotatable bonds is 0. The molecule has 4 aliphatic rings. The van der Waals surface area contributed by atoms with Crippen LogP contribution < -0.4 is 0 Å². The molecule has 0 saturated heterocycles. The van der Waals surface area contributed by atoms with Crippen LogP contribution in [0.5, 0.6) is 0 Å². The summed E-state index contributed by atoms with van der Waals surface area (Å²) >= 11 is 0. The molecule has 0 aromatic rings. The van der Waals surface area contributed by atoms with E-state index >= 15 is 0 Å². The fourth-order valence-corrected chi connectivity index (χ4v) is 6.37. The fraction of sp³-hybridized carbons (Fsp3) is 0.842. The largest absolute Gasteiger partial charge is 0.393 e. The summed E-state index contributed by atoms with van der Waals surface area (Å²) in [5.74, 6) is 2.97. The van der Waals surface area contributed by atoms with E-state index in [1.54, 1.807) is 0 Å². The lowest BCUT2D eigenvalue weighted by Crippen LogP contribution is -2.52. The molecule has 0 bridgehead atoms. The van der Waals surface area contributed by atoms with Crippen molar-refractivity contribution in [1.29, 1.82) is 0 Å². The molecule has 7 atom stereocenters. The normalized spacial score (nSPS) is 55.8. The van der Waals surface area contributed by atoms with Crippen molar-refractivity contribution in [2.24, 2.45) is 34.5 Å². The maximum absolute atomic E-state index is 12.4. The van der Waals surface area contributed by atoms with Crippen LogP contribution in [-0.2, 0) is 4.79 Å². The predicted molar refractivity (Wildman–Crippen MR) is 82.6 cm³/mol. The Labute approximate surface area is 128 Å². The Morgan fingerprint density at radius 3 is 2.71 bits per heavy atom. The van der Waals surface area contributed by atoms with Crippen LogP contribution >= 0.6 is 0 Å². The molecular formula is C19H28O2. The second kappa shape index (κ2) is 4.44. The van der Waals surface area contributed by atoms with Crippen molar-refractivity contribution in [2.45, 2.75) is 64.9 Å². The van der Waals surface area contributed by atoms with Crippen molar-refractivity contribution in [3.8, 4) is 0 Å². The van der Waals surface area contributed by atoms with E-state index in [-0.39, 0.29) is 11.5 Å². The lowest BCUT2D eigenvalue weighted by atomic mass is 9.47. The van der Waals surface area contributed by atoms with E-state index in [4.69, 9.17) is 0 Å². The van der Waals surface area contributed by atoms with E-state index in [0.29, 0.717) is 29.0 Å². The number of carbonyl (C=O) groups is 1. The molecule has 0 aromatic carbocycles. The van der Waals surface area contributed by atoms with Gasteiger partial charge in [-0.2, -0.15) is 0 Å². The summed E-state index contributed by atoms with van der Waals surface area (Å²) in [5.41, 5.74) is 0.314. The fourth-order valence-electron chi connectivity index (χ4n) is 6.37. The van der Waals surface area contributed by atoms with E-state index in [1.165, 1.54) is 6.42 Å². The molecule has 2 nitrogen and oxygen atoms in total. The lowest BCUT2D eigenvalue weighted by molar-refractivity contribution is -0.132. The van der Waals surface area contributed by atoms with Gasteiger partial charge in [0.1, 0.15) is 5.78 Å². The summed E-state index contributed by atoms with van der Waals surface area (Å²) in [6.07, 6.45) is 12.0. The van der Waals surface area contributed by atoms with Gasteiger partial charge in [0, 0.05) is 11.8 Å². The number of hydrogen-bond donors (Lipinski definition) is 1. The number of aliphatic hydroxyl groups excluding tert-OH is 1. The van der Waals surface area contributed by atoms with Crippen molar-refractivity contribution in [3.63, 3.8) is 0 Å². The number of fused-ring (bicyclic) bond motifs is 5. The molecule has 0 aromatic heterocycles. The Balaban J connectivity index is 1.69. The average Bonchev–Trinajstić information content (AvgIpc) is 2.76. The quantitative estimate of drug-likeness (QED) is 0.690. The SMILES string of the molecule is C[C@]12CC[C@@H](O)C[C@@H]1C=C[C@@H]1[C@@H]2CC[C@]2(C)C(=O)CC[C@@H]12. The molecular weight excluding hydrogens is 260 g/mol. The van der Waals surface area contributed by atoms with Gasteiger partial charge in [-0.05, 0) is 67.6 Å². The highest BCUT2D eigenvalue weighted by atomic mass is 16.3. The first-order valence-corrected chi connectivity index (χ1v) is 8.85. The van der Waals surface area contributed by atoms with Gasteiger partial charge in [-0.15, -0.1) is 0 Å². The van der Waals surface area contributed by atoms with Crippen LogP contribution in [0.15, 0.2) is 12.2 Å². The second-order valence-electron chi connectivity index (χ2n) is 8.63. The Hall–Kier alpha value is -0.630. The van der Waals surface area contributed by atoms with Gasteiger partial charge in [0.15, 0.2) is 0 Å². The Kier molecular flexibility index (Phi) is 2.96. The third-order valence-electron chi connectivity index (χ3n) is 7.84. The number of carbonyl (C=O) groups excluding carboxylic acids is 1. The molecule has 0 unspecified atom stereocenters. The van der Waals surface area contributed by atoms with Crippen molar-refractivity contribution in [2.75, 3.05) is 0 Å². The van der Waals surface area contributed by atoms with Gasteiger partial charge in [-0.25, -0.2) is 0 Å². The van der Waals surface area contributed by atoms with Gasteiger partial charge in [0.05, 0.1) is 6.10 Å². The molecule has 3 saturated carbocycles. The Morgan fingerprint density at radius 1 is 1.10 bits per heavy atom. The van der Waals surface area contributed by atoms with Gasteiger partial charge in [-0.3, -0.25) is 4.79 Å². The Morgan fingerprint density at radius 2 is 1.90 bits per heavy atom. The van der Waals surface area contributed by atoms with E-state index in [0.717, 1.165) is 44.4 Å². The highest BCUT2D eigenvalue weighted by molar-refractivity contribution is 5.87. The number of allylic oxidation sites excluding steroid dienone is 2. The average molecular weight is 288 g/mol. The third kappa shape index (κ3) is 1.78. The molecule has 2 heteroatoms. The van der Waals surface area contributed by atoms with Crippen molar-refractivity contribution < 1.29 is 9.90 Å². The molecule has 21 heavy (non-hydrogen) atoms. The number of ketones is 1. The summed E-state index contributed by atoms with van der Waals surface area (Å²) < 4.78 is 0. The smallest absolute Gasteiger partial charge is 0.139 e. The van der Waals surface area contributed by atoms with Crippen molar-refractivity contribution in [3.05, 3.63) is 12.2 Å². The van der Waals surface area contributed by atoms with Crippen LogP contribution in [-0.4, -0.2) is 17.0 Å². The molecule has 0 radical (unpaired) electrons. The first-order chi connectivity index (χ1) is 9.95. The van der Waals surface area contributed by atoms with Crippen LogP contribution in [0.25, 0.3) is 0 Å². The van der Waals surface area contributed by atoms with E-state index in [1.807, 2.05) is 0 Å². The lowest BCUT2D eigenvalue weighted by Gasteiger charge is -2.57. The van der Waals surface area contributed by atoms with Crippen LogP contribution in [0, 0.1) is 34.5 Å². The van der Waals surface area contributed by atoms with E-state index < -0.39 is 0 Å². The van der Waals surface area contributed by atoms with Crippen molar-refractivity contribution in [1.82, 2.24) is 0 Å². The molecule has 116 valence electrons. The zero-order chi connectivity index (χ0) is 14.8. The minimum Gasteiger partial charge on any atom is -0.393 e. The minimum absolute atomic E-state index is 0.0388. The standard InChI is InChI=1S/C19H28O2/c1-18-9-7-13(20)11-12(18)3-4-14-15-5-6-17(21)19(15,2)10-8-16(14)18/h3-4,12-16,20H,5-11H2,1-2H3/t12-,13+,14-,15-,16-,18-,19-/m0/s1. The summed E-state index contributed by atoms with van der Waals surface area (Å²) in [4.78, 5) is 12.4. The molecule has 0 spiro atoms. The van der Waals surface area contributed by atoms with Crippen LogP contribution in [0.2, 0.25) is 0 Å². The zero-order valence-electron chi connectivity index (χ0n) is 13.3. The molecule has 0 aliphatic heterocycles. The summed E-state index contributed by atoms with van der Waals surface area (Å²) in [6, 6.07) is 0. The summed E-state index contributed by atoms with van der Waals surface area (Å²) in [7, 11) is 0. The predicted octanol–water partition coefficient (Wildman–Crippen LogP) is 3.74. The number of aliphatic hydroxyl groups is 1. The first kappa shape index (κ1) is 14.0. The maximum Gasteiger partial charge on any atom is 0.139 e. The maximum atomic E-state index is 12.4. The number of Topliss-reactive ketones (excluding diaryl/α,β-unsaturated/α-hetero) is 1. The minimum atomic E-state index is -0.105. The summed E-state index contributed by atoms with van der Waals surface area (Å²) in [5, 5.41) is 10.0. The van der Waals surface area contributed by atoms with Gasteiger partial charge in [0.25, 0.3) is 0 Å². The van der Waals surface area contributed by atoms with Crippen LogP contribution in [0.4, 0.5) is 0 Å². The van der Waals surface area contributed by atoms with Gasteiger partial charge < -0.3 is 5.11 Å². The Bertz CT molecular complexity index is 496. The van der Waals surface area contributed by atoms with Gasteiger partial charge in [0.2, 0.25) is 0 Å². The number of hydrogen-bond acceptors (Lipinski definition) is 2. The van der Waals surface area contributed by atoms with E-state index in [9.17, 15) is 9.90 Å². The van der Waals surface area contributed by atoms with E-state index in [2.05, 4.69) is 26.0 Å². The molecule has 0 heterocycles. The van der Waals surface area contributed by atoms with Gasteiger partial charge >= 0.3 is 0 Å². The topological polar surface area (TPSA) is 37.3 Å². The highest BCUT2D eigenvalue weighted by Gasteiger charge is 2.58. The molecule has 1 N–H and O–H groups in total. The highest BCUT2D eigenvalue weighted by Crippen LogP contribution is 2.63. The molecule has 4 rings (SSSR count).